The summed E-state index contributed by atoms with van der Waals surface area (Å²) in [5.41, 5.74) is 10.2. The Morgan fingerprint density at radius 1 is 1.46 bits per heavy atom. The summed E-state index contributed by atoms with van der Waals surface area (Å²) in [6.45, 7) is 2.46. The van der Waals surface area contributed by atoms with Gasteiger partial charge in [-0.2, -0.15) is 0 Å². The van der Waals surface area contributed by atoms with Gasteiger partial charge in [-0.15, -0.1) is 0 Å². The molecule has 0 aromatic rings. The Morgan fingerprint density at radius 3 is 2.54 bits per heavy atom. The summed E-state index contributed by atoms with van der Waals surface area (Å²) in [5.74, 6) is -0.348. The van der Waals surface area contributed by atoms with Crippen LogP contribution in [0.4, 0.5) is 0 Å². The van der Waals surface area contributed by atoms with Gasteiger partial charge in [-0.3, -0.25) is 9.59 Å². The number of nitrogens with one attached hydrogen (secondary N) is 1. The van der Waals surface area contributed by atoms with Crippen LogP contribution < -0.4 is 16.8 Å². The Kier molecular flexibility index (Phi) is 5.88. The molecule has 1 atom stereocenters. The Bertz CT molecular complexity index is 182. The molecule has 0 radical (unpaired) electrons. The van der Waals surface area contributed by atoms with E-state index in [-0.39, 0.29) is 12.5 Å². The van der Waals surface area contributed by atoms with Crippen molar-refractivity contribution >= 4 is 11.8 Å². The zero-order valence-corrected chi connectivity index (χ0v) is 7.88. The van der Waals surface area contributed by atoms with Crippen molar-refractivity contribution in [1.82, 2.24) is 5.32 Å². The molecule has 0 aromatic heterocycles. The number of amides is 2. The second-order valence-corrected chi connectivity index (χ2v) is 3.12. The maximum atomic E-state index is 11.0. The summed E-state index contributed by atoms with van der Waals surface area (Å²) in [7, 11) is 0. The highest BCUT2D eigenvalue weighted by molar-refractivity contribution is 5.83. The fraction of sp³-hybridized carbons (Fsp3) is 0.750. The molecule has 5 nitrogen and oxygen atoms in total. The molecule has 0 rings (SSSR count). The van der Waals surface area contributed by atoms with Crippen LogP contribution in [-0.4, -0.2) is 24.9 Å². The average Bonchev–Trinajstić information content (AvgIpc) is 2.10. The van der Waals surface area contributed by atoms with Gasteiger partial charge < -0.3 is 16.8 Å². The summed E-state index contributed by atoms with van der Waals surface area (Å²) in [6, 6.07) is 0. The Labute approximate surface area is 77.8 Å². The Morgan fingerprint density at radius 2 is 2.08 bits per heavy atom. The molecule has 76 valence electrons. The smallest absolute Gasteiger partial charge is 0.236 e. The van der Waals surface area contributed by atoms with Gasteiger partial charge in [-0.1, -0.05) is 6.92 Å². The largest absolute Gasteiger partial charge is 0.368 e. The van der Waals surface area contributed by atoms with Crippen molar-refractivity contribution < 1.29 is 9.59 Å². The van der Waals surface area contributed by atoms with E-state index in [9.17, 15) is 9.59 Å². The molecule has 0 aliphatic rings. The average molecular weight is 187 g/mol. The van der Waals surface area contributed by atoms with Gasteiger partial charge in [0, 0.05) is 6.42 Å². The highest BCUT2D eigenvalue weighted by Gasteiger charge is 2.05. The lowest BCUT2D eigenvalue weighted by molar-refractivity contribution is -0.125. The molecule has 0 saturated heterocycles. The van der Waals surface area contributed by atoms with E-state index < -0.39 is 5.91 Å². The van der Waals surface area contributed by atoms with E-state index in [1.165, 1.54) is 0 Å². The second-order valence-electron chi connectivity index (χ2n) is 3.12. The molecule has 0 aliphatic heterocycles. The highest BCUT2D eigenvalue weighted by atomic mass is 16.2. The minimum atomic E-state index is -0.528. The molecule has 2 amide bonds. The van der Waals surface area contributed by atoms with Crippen molar-refractivity contribution in [3.05, 3.63) is 0 Å². The summed E-state index contributed by atoms with van der Waals surface area (Å²) in [6.07, 6.45) is 1.13. The molecule has 13 heavy (non-hydrogen) atoms. The highest BCUT2D eigenvalue weighted by Crippen LogP contribution is 2.02. The van der Waals surface area contributed by atoms with Crippen molar-refractivity contribution in [3.8, 4) is 0 Å². The molecular formula is C8H17N3O2. The molecule has 5 N–H and O–H groups in total. The Hall–Kier alpha value is -1.10. The zero-order chi connectivity index (χ0) is 10.3. The van der Waals surface area contributed by atoms with Gasteiger partial charge in [0.2, 0.25) is 11.8 Å². The number of hydrogen-bond acceptors (Lipinski definition) is 3. The lowest BCUT2D eigenvalue weighted by Gasteiger charge is -2.07. The SMILES string of the molecule is CC(CN)CCC(=O)NCC(N)=O. The van der Waals surface area contributed by atoms with Crippen LogP contribution in [0.5, 0.6) is 0 Å². The van der Waals surface area contributed by atoms with Crippen LogP contribution >= 0.6 is 0 Å². The van der Waals surface area contributed by atoms with Crippen molar-refractivity contribution in [2.45, 2.75) is 19.8 Å². The molecule has 0 aliphatic carbocycles. The predicted octanol–water partition coefficient (Wildman–Crippen LogP) is -1.04. The number of primary amides is 1. The number of rotatable bonds is 6. The van der Waals surface area contributed by atoms with Crippen molar-refractivity contribution in [2.75, 3.05) is 13.1 Å². The van der Waals surface area contributed by atoms with E-state index in [0.29, 0.717) is 18.9 Å². The van der Waals surface area contributed by atoms with Gasteiger partial charge in [0.1, 0.15) is 0 Å². The van der Waals surface area contributed by atoms with Crippen LogP contribution in [0.15, 0.2) is 0 Å². The van der Waals surface area contributed by atoms with Gasteiger partial charge in [-0.25, -0.2) is 0 Å². The fourth-order valence-corrected chi connectivity index (χ4v) is 0.769. The first-order valence-electron chi connectivity index (χ1n) is 4.31. The number of nitrogens with two attached hydrogens (primary N) is 2. The van der Waals surface area contributed by atoms with Crippen molar-refractivity contribution in [1.29, 1.82) is 0 Å². The zero-order valence-electron chi connectivity index (χ0n) is 7.88. The van der Waals surface area contributed by atoms with Crippen LogP contribution in [0.25, 0.3) is 0 Å². The molecule has 0 aromatic carbocycles. The molecule has 0 saturated carbocycles. The second kappa shape index (κ2) is 6.42. The molecule has 0 heterocycles. The number of hydrogen-bond donors (Lipinski definition) is 3. The molecular weight excluding hydrogens is 170 g/mol. The van der Waals surface area contributed by atoms with E-state index in [1.807, 2.05) is 6.92 Å². The standard InChI is InChI=1S/C8H17N3O2/c1-6(4-9)2-3-8(13)11-5-7(10)12/h6H,2-5,9H2,1H3,(H2,10,12)(H,11,13). The lowest BCUT2D eigenvalue weighted by Crippen LogP contribution is -2.33. The van der Waals surface area contributed by atoms with Crippen molar-refractivity contribution in [2.24, 2.45) is 17.4 Å². The van der Waals surface area contributed by atoms with E-state index in [1.54, 1.807) is 0 Å². The summed E-state index contributed by atoms with van der Waals surface area (Å²) >= 11 is 0. The van der Waals surface area contributed by atoms with Crippen molar-refractivity contribution in [3.63, 3.8) is 0 Å². The minimum Gasteiger partial charge on any atom is -0.368 e. The van der Waals surface area contributed by atoms with Gasteiger partial charge in [-0.05, 0) is 18.9 Å². The van der Waals surface area contributed by atoms with Gasteiger partial charge in [0.15, 0.2) is 0 Å². The Balaban J connectivity index is 3.46. The van der Waals surface area contributed by atoms with Crippen LogP contribution in [-0.2, 0) is 9.59 Å². The van der Waals surface area contributed by atoms with Crippen LogP contribution in [0.1, 0.15) is 19.8 Å². The first kappa shape index (κ1) is 11.9. The van der Waals surface area contributed by atoms with Crippen LogP contribution in [0.3, 0.4) is 0 Å². The minimum absolute atomic E-state index is 0.0875. The van der Waals surface area contributed by atoms with Gasteiger partial charge >= 0.3 is 0 Å². The van der Waals surface area contributed by atoms with Crippen LogP contribution in [0, 0.1) is 5.92 Å². The number of carbonyl (C=O) groups excluding carboxylic acids is 2. The summed E-state index contributed by atoms with van der Waals surface area (Å²) in [4.78, 5) is 21.3. The van der Waals surface area contributed by atoms with E-state index in [0.717, 1.165) is 6.42 Å². The third kappa shape index (κ3) is 7.27. The fourth-order valence-electron chi connectivity index (χ4n) is 0.769. The maximum absolute atomic E-state index is 11.0. The topological polar surface area (TPSA) is 98.2 Å². The third-order valence-electron chi connectivity index (χ3n) is 1.73. The first-order chi connectivity index (χ1) is 6.06. The van der Waals surface area contributed by atoms with E-state index >= 15 is 0 Å². The van der Waals surface area contributed by atoms with Crippen LogP contribution in [0.2, 0.25) is 0 Å². The lowest BCUT2D eigenvalue weighted by atomic mass is 10.1. The maximum Gasteiger partial charge on any atom is 0.236 e. The van der Waals surface area contributed by atoms with Gasteiger partial charge in [0.25, 0.3) is 0 Å². The molecule has 0 fully saturated rings. The quantitative estimate of drug-likeness (QED) is 0.495. The summed E-state index contributed by atoms with van der Waals surface area (Å²) < 4.78 is 0. The predicted molar refractivity (Wildman–Crippen MR) is 49.7 cm³/mol. The summed E-state index contributed by atoms with van der Waals surface area (Å²) in [5, 5.41) is 2.41. The monoisotopic (exact) mass is 187 g/mol. The first-order valence-corrected chi connectivity index (χ1v) is 4.31. The third-order valence-corrected chi connectivity index (χ3v) is 1.73. The van der Waals surface area contributed by atoms with E-state index in [2.05, 4.69) is 5.32 Å². The molecule has 1 unspecified atom stereocenters. The van der Waals surface area contributed by atoms with Gasteiger partial charge in [0.05, 0.1) is 6.54 Å². The van der Waals surface area contributed by atoms with E-state index in [4.69, 9.17) is 11.5 Å². The molecule has 5 heteroatoms. The number of carbonyl (C=O) groups is 2. The molecule has 0 bridgehead atoms. The normalized spacial score (nSPS) is 12.2. The molecule has 0 spiro atoms.